The Morgan fingerprint density at radius 3 is 2.71 bits per heavy atom. The summed E-state index contributed by atoms with van der Waals surface area (Å²) in [5, 5.41) is 0.569. The summed E-state index contributed by atoms with van der Waals surface area (Å²) in [6, 6.07) is 12.0. The molecule has 28 heavy (non-hydrogen) atoms. The van der Waals surface area contributed by atoms with Crippen LogP contribution in [-0.2, 0) is 4.74 Å². The number of morpholine rings is 1. The van der Waals surface area contributed by atoms with Gasteiger partial charge in [0.05, 0.1) is 35.0 Å². The minimum atomic E-state index is 0.569. The normalized spacial score (nSPS) is 14.5. The zero-order valence-corrected chi connectivity index (χ0v) is 15.9. The molecule has 0 spiro atoms. The van der Waals surface area contributed by atoms with Gasteiger partial charge in [-0.25, -0.2) is 4.98 Å². The fraction of sp³-hybridized carbons (Fsp3) is 0.190. The van der Waals surface area contributed by atoms with Gasteiger partial charge >= 0.3 is 0 Å². The molecule has 1 N–H and O–H groups in total. The average Bonchev–Trinajstić information content (AvgIpc) is 3.18. The molecule has 0 amide bonds. The van der Waals surface area contributed by atoms with Crippen molar-refractivity contribution in [2.24, 2.45) is 0 Å². The van der Waals surface area contributed by atoms with Gasteiger partial charge in [0.2, 0.25) is 0 Å². The SMILES string of the molecule is Clc1cc(-c2nc3ccc(N4CCOCC4)cc3[nH]2)cnc1-c1cccnc1. The first-order valence-corrected chi connectivity index (χ1v) is 9.54. The third-order valence-corrected chi connectivity index (χ3v) is 5.18. The maximum Gasteiger partial charge on any atom is 0.140 e. The van der Waals surface area contributed by atoms with Crippen molar-refractivity contribution in [3.63, 3.8) is 0 Å². The Kier molecular flexibility index (Phi) is 4.43. The molecule has 5 rings (SSSR count). The Balaban J connectivity index is 1.48. The molecule has 1 saturated heterocycles. The highest BCUT2D eigenvalue weighted by Gasteiger charge is 2.14. The summed E-state index contributed by atoms with van der Waals surface area (Å²) in [4.78, 5) is 19.1. The van der Waals surface area contributed by atoms with Crippen molar-refractivity contribution < 1.29 is 4.74 Å². The Labute approximate surface area is 167 Å². The lowest BCUT2D eigenvalue weighted by atomic mass is 10.1. The fourth-order valence-corrected chi connectivity index (χ4v) is 3.71. The highest BCUT2D eigenvalue weighted by atomic mass is 35.5. The minimum Gasteiger partial charge on any atom is -0.378 e. The number of anilines is 1. The van der Waals surface area contributed by atoms with E-state index in [1.165, 1.54) is 5.69 Å². The van der Waals surface area contributed by atoms with Crippen LogP contribution in [0.1, 0.15) is 0 Å². The van der Waals surface area contributed by atoms with Crippen LogP contribution in [0.4, 0.5) is 5.69 Å². The summed E-state index contributed by atoms with van der Waals surface area (Å²) in [5.41, 5.74) is 5.53. The van der Waals surface area contributed by atoms with Crippen LogP contribution < -0.4 is 4.90 Å². The monoisotopic (exact) mass is 391 g/mol. The zero-order valence-electron chi connectivity index (χ0n) is 15.1. The molecule has 0 unspecified atom stereocenters. The molecule has 0 saturated carbocycles. The van der Waals surface area contributed by atoms with Crippen molar-refractivity contribution in [1.82, 2.24) is 19.9 Å². The second kappa shape index (κ2) is 7.22. The number of aromatic amines is 1. The third-order valence-electron chi connectivity index (χ3n) is 4.89. The predicted molar refractivity (Wildman–Crippen MR) is 111 cm³/mol. The van der Waals surface area contributed by atoms with E-state index in [1.807, 2.05) is 24.3 Å². The maximum atomic E-state index is 6.49. The Bertz CT molecular complexity index is 1120. The van der Waals surface area contributed by atoms with Gasteiger partial charge in [0.25, 0.3) is 0 Å². The van der Waals surface area contributed by atoms with Gasteiger partial charge in [-0.05, 0) is 36.4 Å². The van der Waals surface area contributed by atoms with E-state index < -0.39 is 0 Å². The highest BCUT2D eigenvalue weighted by Crippen LogP contribution is 2.30. The van der Waals surface area contributed by atoms with Crippen LogP contribution >= 0.6 is 11.6 Å². The number of rotatable bonds is 3. The number of fused-ring (bicyclic) bond motifs is 1. The van der Waals surface area contributed by atoms with Crippen molar-refractivity contribution in [3.8, 4) is 22.6 Å². The number of benzene rings is 1. The zero-order chi connectivity index (χ0) is 18.9. The van der Waals surface area contributed by atoms with E-state index in [1.54, 1.807) is 18.6 Å². The van der Waals surface area contributed by atoms with Gasteiger partial charge in [0, 0.05) is 48.5 Å². The van der Waals surface area contributed by atoms with Gasteiger partial charge in [-0.3, -0.25) is 9.97 Å². The van der Waals surface area contributed by atoms with Gasteiger partial charge in [-0.2, -0.15) is 0 Å². The highest BCUT2D eigenvalue weighted by molar-refractivity contribution is 6.33. The van der Waals surface area contributed by atoms with Crippen molar-refractivity contribution in [2.75, 3.05) is 31.2 Å². The number of nitrogens with zero attached hydrogens (tertiary/aromatic N) is 4. The van der Waals surface area contributed by atoms with E-state index in [9.17, 15) is 0 Å². The van der Waals surface area contributed by atoms with E-state index >= 15 is 0 Å². The van der Waals surface area contributed by atoms with Gasteiger partial charge in [0.15, 0.2) is 0 Å². The first-order chi connectivity index (χ1) is 13.8. The summed E-state index contributed by atoms with van der Waals surface area (Å²) >= 11 is 6.49. The van der Waals surface area contributed by atoms with E-state index in [4.69, 9.17) is 21.3 Å². The summed E-state index contributed by atoms with van der Waals surface area (Å²) < 4.78 is 5.44. The molecular formula is C21H18ClN5O. The quantitative estimate of drug-likeness (QED) is 0.567. The maximum absolute atomic E-state index is 6.49. The summed E-state index contributed by atoms with van der Waals surface area (Å²) in [6.07, 6.45) is 5.27. The number of hydrogen-bond acceptors (Lipinski definition) is 5. The van der Waals surface area contributed by atoms with Crippen LogP contribution in [0.2, 0.25) is 5.02 Å². The largest absolute Gasteiger partial charge is 0.378 e. The smallest absolute Gasteiger partial charge is 0.140 e. The molecule has 1 aliphatic heterocycles. The van der Waals surface area contributed by atoms with Crippen molar-refractivity contribution in [3.05, 3.63) is 60.0 Å². The molecule has 140 valence electrons. The molecule has 0 aliphatic carbocycles. The number of nitrogens with one attached hydrogen (secondary N) is 1. The van der Waals surface area contributed by atoms with Crippen LogP contribution in [-0.4, -0.2) is 46.2 Å². The van der Waals surface area contributed by atoms with Crippen molar-refractivity contribution >= 4 is 28.3 Å². The molecular weight excluding hydrogens is 374 g/mol. The Hall–Kier alpha value is -2.96. The van der Waals surface area contributed by atoms with Gasteiger partial charge in [-0.1, -0.05) is 11.6 Å². The number of ether oxygens (including phenoxy) is 1. The first-order valence-electron chi connectivity index (χ1n) is 9.17. The topological polar surface area (TPSA) is 66.9 Å². The predicted octanol–water partition coefficient (Wildman–Crippen LogP) is 4.18. The molecule has 4 heterocycles. The molecule has 1 aliphatic rings. The number of H-pyrrole nitrogens is 1. The molecule has 0 radical (unpaired) electrons. The fourth-order valence-electron chi connectivity index (χ4n) is 3.44. The summed E-state index contributed by atoms with van der Waals surface area (Å²) in [6.45, 7) is 3.34. The number of hydrogen-bond donors (Lipinski definition) is 1. The van der Waals surface area contributed by atoms with Crippen LogP contribution in [0.25, 0.3) is 33.7 Å². The molecule has 1 fully saturated rings. The minimum absolute atomic E-state index is 0.569. The van der Waals surface area contributed by atoms with Crippen LogP contribution in [0, 0.1) is 0 Å². The lowest BCUT2D eigenvalue weighted by Crippen LogP contribution is -2.36. The molecule has 4 aromatic rings. The second-order valence-electron chi connectivity index (χ2n) is 6.68. The van der Waals surface area contributed by atoms with Crippen LogP contribution in [0.3, 0.4) is 0 Å². The summed E-state index contributed by atoms with van der Waals surface area (Å²) in [5.74, 6) is 0.751. The number of aromatic nitrogens is 4. The summed E-state index contributed by atoms with van der Waals surface area (Å²) in [7, 11) is 0. The van der Waals surface area contributed by atoms with Crippen molar-refractivity contribution in [2.45, 2.75) is 0 Å². The van der Waals surface area contributed by atoms with Gasteiger partial charge in [-0.15, -0.1) is 0 Å². The molecule has 0 bridgehead atoms. The molecule has 6 nitrogen and oxygen atoms in total. The van der Waals surface area contributed by atoms with Gasteiger partial charge in [0.1, 0.15) is 5.82 Å². The number of imidazole rings is 1. The Morgan fingerprint density at radius 2 is 1.93 bits per heavy atom. The molecule has 0 atom stereocenters. The van der Waals surface area contributed by atoms with Crippen LogP contribution in [0.5, 0.6) is 0 Å². The van der Waals surface area contributed by atoms with Crippen molar-refractivity contribution in [1.29, 1.82) is 0 Å². The molecule has 7 heteroatoms. The third kappa shape index (κ3) is 3.21. The molecule has 3 aromatic heterocycles. The van der Waals surface area contributed by atoms with Crippen LogP contribution in [0.15, 0.2) is 55.0 Å². The number of halogens is 1. The standard InChI is InChI=1S/C21H18ClN5O/c22-17-10-15(13-24-20(17)14-2-1-5-23-12-14)21-25-18-4-3-16(11-19(18)26-21)27-6-8-28-9-7-27/h1-5,10-13H,6-9H2,(H,25,26). The van der Waals surface area contributed by atoms with E-state index in [2.05, 4.69) is 32.0 Å². The average molecular weight is 392 g/mol. The second-order valence-corrected chi connectivity index (χ2v) is 7.09. The lowest BCUT2D eigenvalue weighted by molar-refractivity contribution is 0.122. The van der Waals surface area contributed by atoms with E-state index in [-0.39, 0.29) is 0 Å². The lowest BCUT2D eigenvalue weighted by Gasteiger charge is -2.28. The first kappa shape index (κ1) is 17.2. The van der Waals surface area contributed by atoms with Gasteiger partial charge < -0.3 is 14.6 Å². The van der Waals surface area contributed by atoms with E-state index in [0.717, 1.165) is 54.3 Å². The molecule has 1 aromatic carbocycles. The number of pyridine rings is 2. The van der Waals surface area contributed by atoms with E-state index in [0.29, 0.717) is 10.7 Å². The Morgan fingerprint density at radius 1 is 1.04 bits per heavy atom.